The first-order valence-corrected chi connectivity index (χ1v) is 12.5. The first-order chi connectivity index (χ1) is 17.0. The molecule has 2 amide bonds. The maximum atomic E-state index is 13.3. The predicted molar refractivity (Wildman–Crippen MR) is 132 cm³/mol. The number of carbonyl (C=O) groups excluding carboxylic acids is 3. The Labute approximate surface area is 208 Å². The third kappa shape index (κ3) is 8.33. The van der Waals surface area contributed by atoms with E-state index in [2.05, 4.69) is 12.2 Å². The number of rotatable bonds is 15. The molecule has 35 heavy (non-hydrogen) atoms. The Kier molecular flexibility index (Phi) is 12.2. The zero-order valence-corrected chi connectivity index (χ0v) is 21.5. The van der Waals surface area contributed by atoms with Gasteiger partial charge in [0.25, 0.3) is 5.91 Å². The van der Waals surface area contributed by atoms with Crippen molar-refractivity contribution in [1.82, 2.24) is 10.2 Å². The number of piperazine rings is 1. The molecule has 1 fully saturated rings. The molecule has 0 aromatic heterocycles. The van der Waals surface area contributed by atoms with Gasteiger partial charge in [0.15, 0.2) is 11.5 Å². The van der Waals surface area contributed by atoms with E-state index in [1.807, 2.05) is 0 Å². The lowest BCUT2D eigenvalue weighted by Gasteiger charge is -2.34. The lowest BCUT2D eigenvalue weighted by Crippen LogP contribution is -2.57. The first kappa shape index (κ1) is 28.3. The maximum Gasteiger partial charge on any atom is 0.308 e. The van der Waals surface area contributed by atoms with Crippen LogP contribution in [0.1, 0.15) is 75.1 Å². The second-order valence-corrected chi connectivity index (χ2v) is 8.62. The van der Waals surface area contributed by atoms with E-state index in [0.717, 1.165) is 19.3 Å². The second-order valence-electron chi connectivity index (χ2n) is 8.62. The Morgan fingerprint density at radius 3 is 2.11 bits per heavy atom. The Morgan fingerprint density at radius 1 is 0.943 bits per heavy atom. The highest BCUT2D eigenvalue weighted by molar-refractivity contribution is 6.00. The lowest BCUT2D eigenvalue weighted by atomic mass is 10.1. The summed E-state index contributed by atoms with van der Waals surface area (Å²) in [5.41, 5.74) is 0.270. The summed E-state index contributed by atoms with van der Waals surface area (Å²) in [6, 6.07) is 2.13. The molecule has 9 nitrogen and oxygen atoms in total. The third-order valence-corrected chi connectivity index (χ3v) is 6.12. The van der Waals surface area contributed by atoms with E-state index >= 15 is 0 Å². The summed E-state index contributed by atoms with van der Waals surface area (Å²) in [7, 11) is 4.41. The van der Waals surface area contributed by atoms with Gasteiger partial charge >= 0.3 is 5.97 Å². The zero-order valence-electron chi connectivity index (χ0n) is 21.5. The quantitative estimate of drug-likeness (QED) is 0.294. The number of amides is 2. The van der Waals surface area contributed by atoms with Crippen LogP contribution in [0.15, 0.2) is 12.1 Å². The van der Waals surface area contributed by atoms with Gasteiger partial charge in [0.05, 0.1) is 34.4 Å². The van der Waals surface area contributed by atoms with Crippen LogP contribution in [0, 0.1) is 0 Å². The molecule has 0 saturated carbocycles. The molecule has 1 atom stereocenters. The van der Waals surface area contributed by atoms with Crippen LogP contribution in [0.25, 0.3) is 0 Å². The highest BCUT2D eigenvalue weighted by Gasteiger charge is 2.36. The van der Waals surface area contributed by atoms with Crippen molar-refractivity contribution >= 4 is 17.8 Å². The van der Waals surface area contributed by atoms with Gasteiger partial charge in [-0.1, -0.05) is 51.9 Å². The molecule has 9 heteroatoms. The summed E-state index contributed by atoms with van der Waals surface area (Å²) < 4.78 is 21.3. The molecule has 0 aliphatic carbocycles. The van der Waals surface area contributed by atoms with E-state index in [1.165, 1.54) is 70.5 Å². The molecule has 1 heterocycles. The van der Waals surface area contributed by atoms with Gasteiger partial charge < -0.3 is 29.2 Å². The van der Waals surface area contributed by atoms with Gasteiger partial charge in [-0.05, 0) is 18.6 Å². The molecule has 2 rings (SSSR count). The average molecular weight is 493 g/mol. The third-order valence-electron chi connectivity index (χ3n) is 6.12. The summed E-state index contributed by atoms with van der Waals surface area (Å²) in [5.74, 6) is -0.237. The summed E-state index contributed by atoms with van der Waals surface area (Å²) in [6.45, 7) is 3.10. The topological polar surface area (TPSA) is 103 Å². The number of nitrogens with one attached hydrogen (secondary N) is 1. The maximum absolute atomic E-state index is 13.3. The highest BCUT2D eigenvalue weighted by atomic mass is 16.5. The number of unbranched alkanes of at least 4 members (excludes halogenated alkanes) is 7. The number of benzene rings is 1. The Bertz CT molecular complexity index is 818. The Balaban J connectivity index is 1.95. The fraction of sp³-hybridized carbons (Fsp3) is 0.654. The zero-order chi connectivity index (χ0) is 25.6. The van der Waals surface area contributed by atoms with Crippen molar-refractivity contribution in [2.75, 3.05) is 41.0 Å². The van der Waals surface area contributed by atoms with Crippen molar-refractivity contribution in [2.45, 2.75) is 70.8 Å². The van der Waals surface area contributed by atoms with E-state index in [-0.39, 0.29) is 24.4 Å². The summed E-state index contributed by atoms with van der Waals surface area (Å²) in [6.07, 6.45) is 8.99. The van der Waals surface area contributed by atoms with Crippen LogP contribution in [0.4, 0.5) is 0 Å². The minimum atomic E-state index is -0.943. The molecule has 1 unspecified atom stereocenters. The van der Waals surface area contributed by atoms with Crippen molar-refractivity contribution in [3.05, 3.63) is 17.7 Å². The molecule has 1 aromatic rings. The van der Waals surface area contributed by atoms with Crippen molar-refractivity contribution in [3.8, 4) is 17.2 Å². The Hall–Kier alpha value is -2.97. The molecular formula is C26H40N2O7. The van der Waals surface area contributed by atoms with Gasteiger partial charge in [-0.2, -0.15) is 0 Å². The first-order valence-electron chi connectivity index (χ1n) is 12.5. The molecule has 1 aromatic carbocycles. The van der Waals surface area contributed by atoms with Gasteiger partial charge in [0, 0.05) is 18.7 Å². The SMILES string of the molecule is CCCCCCCCCCOC(=O)CC1C(=O)NCCN1C(=O)c1cc(OC)c(OC)c(OC)c1. The molecule has 1 aliphatic rings. The van der Waals surface area contributed by atoms with Crippen LogP contribution in [0.3, 0.4) is 0 Å². The number of hydrogen-bond donors (Lipinski definition) is 1. The predicted octanol–water partition coefficient (Wildman–Crippen LogP) is 3.73. The minimum absolute atomic E-state index is 0.195. The van der Waals surface area contributed by atoms with Gasteiger partial charge in [-0.25, -0.2) is 0 Å². The fourth-order valence-corrected chi connectivity index (χ4v) is 4.17. The number of nitrogens with zero attached hydrogens (tertiary/aromatic N) is 1. The number of ether oxygens (including phenoxy) is 4. The fourth-order valence-electron chi connectivity index (χ4n) is 4.17. The second kappa shape index (κ2) is 15.1. The molecule has 196 valence electrons. The van der Waals surface area contributed by atoms with Crippen LogP contribution in [0.5, 0.6) is 17.2 Å². The van der Waals surface area contributed by atoms with Crippen LogP contribution >= 0.6 is 0 Å². The number of hydrogen-bond acceptors (Lipinski definition) is 7. The lowest BCUT2D eigenvalue weighted by molar-refractivity contribution is -0.147. The number of esters is 1. The van der Waals surface area contributed by atoms with Crippen LogP contribution in [-0.2, 0) is 14.3 Å². The standard InChI is InChI=1S/C26H40N2O7/c1-5-6-7-8-9-10-11-12-15-35-23(29)18-20-25(30)27-13-14-28(20)26(31)19-16-21(32-2)24(34-4)22(17-19)33-3/h16-17,20H,5-15,18H2,1-4H3,(H,27,30). The molecule has 0 bridgehead atoms. The number of methoxy groups -OCH3 is 3. The monoisotopic (exact) mass is 492 g/mol. The van der Waals surface area contributed by atoms with Crippen LogP contribution in [0.2, 0.25) is 0 Å². The van der Waals surface area contributed by atoms with Gasteiger partial charge in [0.1, 0.15) is 6.04 Å². The van der Waals surface area contributed by atoms with Gasteiger partial charge in [0.2, 0.25) is 11.7 Å². The largest absolute Gasteiger partial charge is 0.493 e. The minimum Gasteiger partial charge on any atom is -0.493 e. The normalized spacial score (nSPS) is 15.4. The smallest absolute Gasteiger partial charge is 0.308 e. The van der Waals surface area contributed by atoms with E-state index < -0.39 is 17.9 Å². The van der Waals surface area contributed by atoms with Crippen molar-refractivity contribution in [1.29, 1.82) is 0 Å². The highest BCUT2D eigenvalue weighted by Crippen LogP contribution is 2.38. The van der Waals surface area contributed by atoms with E-state index in [0.29, 0.717) is 30.4 Å². The molecule has 1 aliphatic heterocycles. The molecule has 0 spiro atoms. The molecule has 1 N–H and O–H groups in total. The van der Waals surface area contributed by atoms with Crippen molar-refractivity contribution in [3.63, 3.8) is 0 Å². The number of carbonyl (C=O) groups is 3. The summed E-state index contributed by atoms with van der Waals surface area (Å²) in [4.78, 5) is 39.8. The summed E-state index contributed by atoms with van der Waals surface area (Å²) in [5, 5.41) is 2.73. The van der Waals surface area contributed by atoms with E-state index in [1.54, 1.807) is 0 Å². The Morgan fingerprint density at radius 2 is 1.54 bits per heavy atom. The molecule has 0 radical (unpaired) electrons. The van der Waals surface area contributed by atoms with Crippen molar-refractivity contribution < 1.29 is 33.3 Å². The van der Waals surface area contributed by atoms with Crippen LogP contribution in [-0.4, -0.2) is 69.8 Å². The van der Waals surface area contributed by atoms with Gasteiger partial charge in [-0.3, -0.25) is 14.4 Å². The van der Waals surface area contributed by atoms with E-state index in [4.69, 9.17) is 18.9 Å². The average Bonchev–Trinajstić information content (AvgIpc) is 2.87. The van der Waals surface area contributed by atoms with E-state index in [9.17, 15) is 14.4 Å². The molecule has 1 saturated heterocycles. The van der Waals surface area contributed by atoms with Gasteiger partial charge in [-0.15, -0.1) is 0 Å². The van der Waals surface area contributed by atoms with Crippen molar-refractivity contribution in [2.24, 2.45) is 0 Å². The molecular weight excluding hydrogens is 452 g/mol. The summed E-state index contributed by atoms with van der Waals surface area (Å²) >= 11 is 0. The van der Waals surface area contributed by atoms with Crippen LogP contribution < -0.4 is 19.5 Å².